The van der Waals surface area contributed by atoms with E-state index in [1.807, 2.05) is 12.1 Å². The largest absolute Gasteiger partial charge is 0.359 e. The number of benzene rings is 2. The van der Waals surface area contributed by atoms with Gasteiger partial charge >= 0.3 is 0 Å². The van der Waals surface area contributed by atoms with Gasteiger partial charge in [-0.1, -0.05) is 30.3 Å². The van der Waals surface area contributed by atoms with Crippen molar-refractivity contribution in [2.45, 2.75) is 37.1 Å². The Hall–Kier alpha value is -2.38. The molecule has 0 saturated heterocycles. The molecule has 1 heterocycles. The fourth-order valence-corrected chi connectivity index (χ4v) is 3.92. The molecule has 1 atom stereocenters. The summed E-state index contributed by atoms with van der Waals surface area (Å²) in [4.78, 5) is 14.6. The molecule has 7 heteroatoms. The van der Waals surface area contributed by atoms with Crippen molar-refractivity contribution in [2.75, 3.05) is 18.0 Å². The maximum atomic E-state index is 12.4. The highest BCUT2D eigenvalue weighted by atomic mass is 32.2. The molecule has 1 aliphatic heterocycles. The van der Waals surface area contributed by atoms with E-state index < -0.39 is 10.0 Å². The molecule has 0 bridgehead atoms. The topological polar surface area (TPSA) is 92.5 Å². The minimum atomic E-state index is -3.67. The highest BCUT2D eigenvalue weighted by molar-refractivity contribution is 7.89. The summed E-state index contributed by atoms with van der Waals surface area (Å²) in [7, 11) is -3.67. The van der Waals surface area contributed by atoms with Crippen molar-refractivity contribution in [3.8, 4) is 0 Å². The second-order valence-electron chi connectivity index (χ2n) is 6.93. The molecule has 0 fully saturated rings. The van der Waals surface area contributed by atoms with E-state index in [0.717, 1.165) is 24.1 Å². The van der Waals surface area contributed by atoms with Gasteiger partial charge in [-0.05, 0) is 55.5 Å². The first-order valence-electron chi connectivity index (χ1n) is 9.07. The minimum absolute atomic E-state index is 0.0142. The van der Waals surface area contributed by atoms with Crippen molar-refractivity contribution >= 4 is 21.6 Å². The summed E-state index contributed by atoms with van der Waals surface area (Å²) in [5.41, 5.74) is 3.38. The number of amides is 1. The molecule has 0 spiro atoms. The van der Waals surface area contributed by atoms with Crippen LogP contribution < -0.4 is 15.4 Å². The molecule has 0 aliphatic carbocycles. The molecule has 27 heavy (non-hydrogen) atoms. The molecule has 0 unspecified atom stereocenters. The second kappa shape index (κ2) is 8.10. The van der Waals surface area contributed by atoms with Crippen LogP contribution in [0.2, 0.25) is 0 Å². The van der Waals surface area contributed by atoms with E-state index in [0.29, 0.717) is 25.6 Å². The number of carbonyl (C=O) groups excluding carboxylic acids is 1. The first kappa shape index (κ1) is 19.4. The monoisotopic (exact) mass is 387 g/mol. The summed E-state index contributed by atoms with van der Waals surface area (Å²) in [5, 5.41) is 8.04. The molecule has 2 aromatic rings. The minimum Gasteiger partial charge on any atom is -0.359 e. The lowest BCUT2D eigenvalue weighted by Crippen LogP contribution is -2.44. The van der Waals surface area contributed by atoms with Gasteiger partial charge < -0.3 is 10.2 Å². The number of primary sulfonamides is 1. The maximum absolute atomic E-state index is 12.4. The maximum Gasteiger partial charge on any atom is 0.239 e. The number of rotatable bonds is 6. The predicted octanol–water partition coefficient (Wildman–Crippen LogP) is 1.83. The zero-order valence-corrected chi connectivity index (χ0v) is 16.2. The molecule has 0 aromatic heterocycles. The number of para-hydroxylation sites is 1. The van der Waals surface area contributed by atoms with Gasteiger partial charge in [0.05, 0.1) is 11.4 Å². The molecule has 2 aromatic carbocycles. The van der Waals surface area contributed by atoms with E-state index in [2.05, 4.69) is 29.3 Å². The Bertz CT molecular complexity index is 910. The van der Waals surface area contributed by atoms with Gasteiger partial charge in [0, 0.05) is 18.3 Å². The molecular formula is C20H25N3O3S. The number of nitrogens with zero attached hydrogens (tertiary/aromatic N) is 1. The molecule has 3 N–H and O–H groups in total. The lowest BCUT2D eigenvalue weighted by atomic mass is 9.96. The Morgan fingerprint density at radius 1 is 1.19 bits per heavy atom. The Morgan fingerprint density at radius 3 is 2.59 bits per heavy atom. The zero-order valence-electron chi connectivity index (χ0n) is 15.4. The highest BCUT2D eigenvalue weighted by Gasteiger charge is 2.24. The summed E-state index contributed by atoms with van der Waals surface area (Å²) in [6.45, 7) is 2.98. The van der Waals surface area contributed by atoms with Gasteiger partial charge in [0.1, 0.15) is 0 Å². The van der Waals surface area contributed by atoms with Crippen LogP contribution in [0.5, 0.6) is 0 Å². The van der Waals surface area contributed by atoms with Gasteiger partial charge in [0.25, 0.3) is 0 Å². The molecule has 1 aliphatic rings. The van der Waals surface area contributed by atoms with E-state index in [4.69, 9.17) is 5.14 Å². The molecular weight excluding hydrogens is 362 g/mol. The number of carbonyl (C=O) groups is 1. The third kappa shape index (κ3) is 4.87. The number of hydrogen-bond donors (Lipinski definition) is 2. The number of fused-ring (bicyclic) bond motifs is 1. The van der Waals surface area contributed by atoms with Gasteiger partial charge in [-0.25, -0.2) is 13.6 Å². The smallest absolute Gasteiger partial charge is 0.239 e. The van der Waals surface area contributed by atoms with Crippen LogP contribution in [0.1, 0.15) is 24.5 Å². The van der Waals surface area contributed by atoms with Crippen LogP contribution in [0.3, 0.4) is 0 Å². The summed E-state index contributed by atoms with van der Waals surface area (Å²) < 4.78 is 22.5. The second-order valence-corrected chi connectivity index (χ2v) is 8.49. The summed E-state index contributed by atoms with van der Waals surface area (Å²) in [6, 6.07) is 15.0. The zero-order chi connectivity index (χ0) is 19.4. The lowest BCUT2D eigenvalue weighted by Gasteiger charge is -2.36. The van der Waals surface area contributed by atoms with Crippen LogP contribution in [0.4, 0.5) is 5.69 Å². The quantitative estimate of drug-likeness (QED) is 0.791. The number of nitrogens with two attached hydrogens (primary N) is 1. The summed E-state index contributed by atoms with van der Waals surface area (Å²) in [5.74, 6) is -0.0142. The average Bonchev–Trinajstić information content (AvgIpc) is 2.64. The molecule has 144 valence electrons. The Morgan fingerprint density at radius 2 is 1.89 bits per heavy atom. The number of sulfonamides is 1. The van der Waals surface area contributed by atoms with Crippen LogP contribution in [-0.2, 0) is 27.7 Å². The van der Waals surface area contributed by atoms with Crippen LogP contribution in [0.25, 0.3) is 0 Å². The normalized spacial score (nSPS) is 16.7. The van der Waals surface area contributed by atoms with E-state index in [1.54, 1.807) is 12.1 Å². The Kier molecular flexibility index (Phi) is 5.82. The lowest BCUT2D eigenvalue weighted by molar-refractivity contribution is -0.119. The molecule has 0 radical (unpaired) electrons. The van der Waals surface area contributed by atoms with Gasteiger partial charge in [-0.3, -0.25) is 4.79 Å². The molecule has 1 amide bonds. The number of hydrogen-bond acceptors (Lipinski definition) is 4. The van der Waals surface area contributed by atoms with Crippen molar-refractivity contribution in [3.63, 3.8) is 0 Å². The SMILES string of the molecule is C[C@H]1CCc2ccccc2N1CC(=O)NCCc1ccc(S(N)(=O)=O)cc1. The Labute approximate surface area is 160 Å². The van der Waals surface area contributed by atoms with Gasteiger partial charge in [0.2, 0.25) is 15.9 Å². The fraction of sp³-hybridized carbons (Fsp3) is 0.350. The van der Waals surface area contributed by atoms with Crippen molar-refractivity contribution in [1.82, 2.24) is 5.32 Å². The fourth-order valence-electron chi connectivity index (χ4n) is 3.40. The highest BCUT2D eigenvalue weighted by Crippen LogP contribution is 2.29. The van der Waals surface area contributed by atoms with E-state index in [-0.39, 0.29) is 10.8 Å². The van der Waals surface area contributed by atoms with Crippen LogP contribution >= 0.6 is 0 Å². The standard InChI is InChI=1S/C20H25N3O3S/c1-15-6-9-17-4-2-3-5-19(17)23(15)14-20(24)22-13-12-16-7-10-18(11-8-16)27(21,25)26/h2-5,7-8,10-11,15H,6,9,12-14H2,1H3,(H,22,24)(H2,21,25,26)/t15-/m0/s1. The predicted molar refractivity (Wildman–Crippen MR) is 106 cm³/mol. The first-order chi connectivity index (χ1) is 12.8. The van der Waals surface area contributed by atoms with Crippen LogP contribution in [0.15, 0.2) is 53.4 Å². The van der Waals surface area contributed by atoms with Crippen molar-refractivity contribution in [1.29, 1.82) is 0 Å². The summed E-state index contributed by atoms with van der Waals surface area (Å²) in [6.07, 6.45) is 2.72. The van der Waals surface area contributed by atoms with Gasteiger partial charge in [-0.2, -0.15) is 0 Å². The number of aryl methyl sites for hydroxylation is 1. The third-order valence-electron chi connectivity index (χ3n) is 4.97. The van der Waals surface area contributed by atoms with Gasteiger partial charge in [0.15, 0.2) is 0 Å². The van der Waals surface area contributed by atoms with Crippen molar-refractivity contribution in [2.24, 2.45) is 5.14 Å². The number of anilines is 1. The third-order valence-corrected chi connectivity index (χ3v) is 5.90. The van der Waals surface area contributed by atoms with Crippen molar-refractivity contribution in [3.05, 3.63) is 59.7 Å². The van der Waals surface area contributed by atoms with E-state index in [9.17, 15) is 13.2 Å². The Balaban J connectivity index is 1.53. The molecule has 3 rings (SSSR count). The molecule has 0 saturated carbocycles. The molecule has 6 nitrogen and oxygen atoms in total. The van der Waals surface area contributed by atoms with Crippen LogP contribution in [-0.4, -0.2) is 33.5 Å². The average molecular weight is 388 g/mol. The van der Waals surface area contributed by atoms with E-state index in [1.165, 1.54) is 17.7 Å². The van der Waals surface area contributed by atoms with Crippen LogP contribution in [0, 0.1) is 0 Å². The summed E-state index contributed by atoms with van der Waals surface area (Å²) >= 11 is 0. The first-order valence-corrected chi connectivity index (χ1v) is 10.6. The van der Waals surface area contributed by atoms with E-state index >= 15 is 0 Å². The number of nitrogens with one attached hydrogen (secondary N) is 1. The van der Waals surface area contributed by atoms with Gasteiger partial charge in [-0.15, -0.1) is 0 Å². The van der Waals surface area contributed by atoms with Crippen molar-refractivity contribution < 1.29 is 13.2 Å².